The second-order valence-corrected chi connectivity index (χ2v) is 6.43. The minimum atomic E-state index is -0.234. The molecule has 1 aliphatic heterocycles. The molecule has 3 rings (SSSR count). The Hall–Kier alpha value is -3.03. The number of benzene rings is 1. The predicted molar refractivity (Wildman–Crippen MR) is 97.1 cm³/mol. The summed E-state index contributed by atoms with van der Waals surface area (Å²) in [4.78, 5) is 35.2. The number of hydrogen-bond donors (Lipinski definition) is 2. The fourth-order valence-corrected chi connectivity index (χ4v) is 2.96. The van der Waals surface area contributed by atoms with E-state index in [1.165, 1.54) is 4.90 Å². The van der Waals surface area contributed by atoms with Gasteiger partial charge in [-0.15, -0.1) is 0 Å². The lowest BCUT2D eigenvalue weighted by molar-refractivity contribution is -0.117. The quantitative estimate of drug-likeness (QED) is 0.852. The Balaban J connectivity index is 1.58. The fourth-order valence-electron chi connectivity index (χ4n) is 2.96. The van der Waals surface area contributed by atoms with Crippen molar-refractivity contribution < 1.29 is 14.3 Å². The van der Waals surface area contributed by atoms with E-state index in [-0.39, 0.29) is 24.4 Å². The number of amides is 3. The Morgan fingerprint density at radius 3 is 3.00 bits per heavy atom. The molecule has 26 heavy (non-hydrogen) atoms. The summed E-state index contributed by atoms with van der Waals surface area (Å²) in [7, 11) is 3.29. The molecule has 1 saturated heterocycles. The van der Waals surface area contributed by atoms with Gasteiger partial charge in [0.05, 0.1) is 19.7 Å². The first-order valence-electron chi connectivity index (χ1n) is 8.43. The smallest absolute Gasteiger partial charge is 0.317 e. The number of rotatable bonds is 5. The molecule has 1 aromatic carbocycles. The van der Waals surface area contributed by atoms with Crippen molar-refractivity contribution in [3.05, 3.63) is 42.0 Å². The molecular weight excluding hydrogens is 334 g/mol. The molecule has 8 heteroatoms. The van der Waals surface area contributed by atoms with Gasteiger partial charge in [-0.3, -0.25) is 4.79 Å². The van der Waals surface area contributed by atoms with Crippen LogP contribution in [-0.2, 0) is 11.3 Å². The first-order chi connectivity index (χ1) is 12.5. The number of aromatic nitrogens is 2. The lowest BCUT2D eigenvalue weighted by Crippen LogP contribution is -2.44. The number of nitrogens with zero attached hydrogens (tertiary/aromatic N) is 3. The van der Waals surface area contributed by atoms with Gasteiger partial charge in [-0.05, 0) is 19.1 Å². The predicted octanol–water partition coefficient (Wildman–Crippen LogP) is 1.67. The van der Waals surface area contributed by atoms with Crippen LogP contribution in [0.3, 0.4) is 0 Å². The number of carbonyl (C=O) groups is 2. The molecule has 3 amide bonds. The Bertz CT molecular complexity index is 804. The van der Waals surface area contributed by atoms with Gasteiger partial charge in [-0.1, -0.05) is 6.07 Å². The van der Waals surface area contributed by atoms with E-state index in [4.69, 9.17) is 4.74 Å². The number of methoxy groups -OCH3 is 1. The first-order valence-corrected chi connectivity index (χ1v) is 8.43. The third kappa shape index (κ3) is 3.96. The van der Waals surface area contributed by atoms with Gasteiger partial charge in [0.25, 0.3) is 0 Å². The maximum Gasteiger partial charge on any atom is 0.317 e. The number of anilines is 1. The van der Waals surface area contributed by atoms with Crippen LogP contribution in [0.15, 0.2) is 30.5 Å². The van der Waals surface area contributed by atoms with E-state index >= 15 is 0 Å². The molecule has 1 aliphatic rings. The summed E-state index contributed by atoms with van der Waals surface area (Å²) in [5, 5.41) is 2.92. The van der Waals surface area contributed by atoms with Gasteiger partial charge in [-0.25, -0.2) is 9.78 Å². The van der Waals surface area contributed by atoms with Gasteiger partial charge in [0.2, 0.25) is 5.91 Å². The molecule has 0 bridgehead atoms. The third-order valence-corrected chi connectivity index (χ3v) is 4.31. The lowest BCUT2D eigenvalue weighted by atomic mass is 10.2. The van der Waals surface area contributed by atoms with Crippen molar-refractivity contribution in [2.24, 2.45) is 0 Å². The minimum Gasteiger partial charge on any atom is -0.497 e. The van der Waals surface area contributed by atoms with Crippen LogP contribution in [0.4, 0.5) is 10.5 Å². The molecule has 2 aromatic rings. The number of hydrogen-bond acceptors (Lipinski definition) is 4. The van der Waals surface area contributed by atoms with Crippen LogP contribution in [0, 0.1) is 6.92 Å². The molecule has 2 N–H and O–H groups in total. The normalized spacial score (nSPS) is 16.7. The highest BCUT2D eigenvalue weighted by Gasteiger charge is 2.32. The monoisotopic (exact) mass is 357 g/mol. The van der Waals surface area contributed by atoms with Crippen LogP contribution in [0.25, 0.3) is 0 Å². The molecule has 0 spiro atoms. The zero-order valence-corrected chi connectivity index (χ0v) is 15.2. The van der Waals surface area contributed by atoms with Crippen LogP contribution in [-0.4, -0.2) is 53.6 Å². The Kier molecular flexibility index (Phi) is 5.11. The van der Waals surface area contributed by atoms with Crippen molar-refractivity contribution >= 4 is 17.6 Å². The Morgan fingerprint density at radius 2 is 2.31 bits per heavy atom. The highest BCUT2D eigenvalue weighted by Crippen LogP contribution is 2.25. The molecule has 138 valence electrons. The fraction of sp³-hybridized carbons (Fsp3) is 0.389. The summed E-state index contributed by atoms with van der Waals surface area (Å²) >= 11 is 0. The zero-order valence-electron chi connectivity index (χ0n) is 15.2. The summed E-state index contributed by atoms with van der Waals surface area (Å²) in [5.41, 5.74) is 1.72. The van der Waals surface area contributed by atoms with E-state index in [1.54, 1.807) is 25.3 Å². The van der Waals surface area contributed by atoms with Crippen molar-refractivity contribution in [3.8, 4) is 5.75 Å². The number of aryl methyl sites for hydroxylation is 1. The van der Waals surface area contributed by atoms with Crippen LogP contribution >= 0.6 is 0 Å². The standard InChI is InChI=1S/C18H23N5O3/c1-12-9-19-16(20-12)11-22(2)18(25)21-13-7-17(24)23(10-13)14-5-4-6-15(8-14)26-3/h4-6,8-9,13H,7,10-11H2,1-3H3,(H,19,20)(H,21,25). The number of imidazole rings is 1. The maximum absolute atomic E-state index is 12.4. The largest absolute Gasteiger partial charge is 0.497 e. The van der Waals surface area contributed by atoms with Crippen molar-refractivity contribution in [2.75, 3.05) is 25.6 Å². The zero-order chi connectivity index (χ0) is 18.7. The number of urea groups is 1. The van der Waals surface area contributed by atoms with E-state index < -0.39 is 0 Å². The molecular formula is C18H23N5O3. The van der Waals surface area contributed by atoms with E-state index in [0.717, 1.165) is 17.2 Å². The average Bonchev–Trinajstić information content (AvgIpc) is 3.20. The van der Waals surface area contributed by atoms with Crippen molar-refractivity contribution in [3.63, 3.8) is 0 Å². The Morgan fingerprint density at radius 1 is 1.50 bits per heavy atom. The first kappa shape index (κ1) is 17.8. The molecule has 2 heterocycles. The molecule has 1 aromatic heterocycles. The van der Waals surface area contributed by atoms with E-state index in [1.807, 2.05) is 31.2 Å². The summed E-state index contributed by atoms with van der Waals surface area (Å²) in [5.74, 6) is 1.39. The molecule has 1 unspecified atom stereocenters. The summed E-state index contributed by atoms with van der Waals surface area (Å²) in [6.45, 7) is 2.72. The number of carbonyl (C=O) groups excluding carboxylic acids is 2. The second-order valence-electron chi connectivity index (χ2n) is 6.43. The van der Waals surface area contributed by atoms with Crippen molar-refractivity contribution in [2.45, 2.75) is 25.9 Å². The van der Waals surface area contributed by atoms with E-state index in [2.05, 4.69) is 15.3 Å². The highest BCUT2D eigenvalue weighted by molar-refractivity contribution is 5.97. The minimum absolute atomic E-state index is 0.0205. The van der Waals surface area contributed by atoms with Gasteiger partial charge in [0.15, 0.2) is 0 Å². The van der Waals surface area contributed by atoms with E-state index in [9.17, 15) is 9.59 Å². The van der Waals surface area contributed by atoms with Crippen LogP contribution in [0.1, 0.15) is 17.9 Å². The number of H-pyrrole nitrogens is 1. The summed E-state index contributed by atoms with van der Waals surface area (Å²) < 4.78 is 5.21. The number of aromatic amines is 1. The van der Waals surface area contributed by atoms with Gasteiger partial charge in [-0.2, -0.15) is 0 Å². The molecule has 8 nitrogen and oxygen atoms in total. The van der Waals surface area contributed by atoms with Crippen LogP contribution < -0.4 is 15.0 Å². The average molecular weight is 357 g/mol. The molecule has 0 saturated carbocycles. The topological polar surface area (TPSA) is 90.6 Å². The van der Waals surface area contributed by atoms with Gasteiger partial charge < -0.3 is 24.8 Å². The number of nitrogens with one attached hydrogen (secondary N) is 2. The highest BCUT2D eigenvalue weighted by atomic mass is 16.5. The maximum atomic E-state index is 12.4. The molecule has 0 radical (unpaired) electrons. The van der Waals surface area contributed by atoms with Gasteiger partial charge in [0.1, 0.15) is 11.6 Å². The summed E-state index contributed by atoms with van der Waals surface area (Å²) in [6, 6.07) is 6.87. The van der Waals surface area contributed by atoms with Gasteiger partial charge >= 0.3 is 6.03 Å². The SMILES string of the molecule is COc1cccc(N2CC(NC(=O)N(C)Cc3ncc(C)[nH]3)CC2=O)c1. The van der Waals surface area contributed by atoms with Gasteiger partial charge in [0, 0.05) is 43.7 Å². The van der Waals surface area contributed by atoms with Crippen molar-refractivity contribution in [1.29, 1.82) is 0 Å². The molecule has 0 aliphatic carbocycles. The van der Waals surface area contributed by atoms with Crippen LogP contribution in [0.5, 0.6) is 5.75 Å². The summed E-state index contributed by atoms with van der Waals surface area (Å²) in [6.07, 6.45) is 2.00. The Labute approximate surface area is 152 Å². The second kappa shape index (κ2) is 7.47. The third-order valence-electron chi connectivity index (χ3n) is 4.31. The van der Waals surface area contributed by atoms with Crippen LogP contribution in [0.2, 0.25) is 0 Å². The molecule has 1 fully saturated rings. The lowest BCUT2D eigenvalue weighted by Gasteiger charge is -2.21. The van der Waals surface area contributed by atoms with Crippen molar-refractivity contribution in [1.82, 2.24) is 20.2 Å². The van der Waals surface area contributed by atoms with E-state index in [0.29, 0.717) is 18.8 Å². The molecule has 1 atom stereocenters. The number of ether oxygens (including phenoxy) is 1.